The van der Waals surface area contributed by atoms with E-state index in [1.807, 2.05) is 55.5 Å². The third-order valence-electron chi connectivity index (χ3n) is 4.95. The van der Waals surface area contributed by atoms with E-state index < -0.39 is 6.04 Å². The van der Waals surface area contributed by atoms with Gasteiger partial charge in [-0.25, -0.2) is 0 Å². The van der Waals surface area contributed by atoms with Gasteiger partial charge in [0.25, 0.3) is 5.91 Å². The lowest BCUT2D eigenvalue weighted by Gasteiger charge is -2.29. The van der Waals surface area contributed by atoms with E-state index in [9.17, 15) is 9.59 Å². The first-order valence-electron chi connectivity index (χ1n) is 10.3. The second-order valence-corrected chi connectivity index (χ2v) is 7.24. The van der Waals surface area contributed by atoms with Crippen LogP contribution >= 0.6 is 0 Å². The number of para-hydroxylation sites is 1. The standard InChI is InChI=1S/C24H32N2O4/c1-5-6-15-25-24(28)19(3)26(16-20-11-13-21(29-4)14-12-20)23(27)17-30-22-10-8-7-9-18(22)2/h7-14,19H,5-6,15-17H2,1-4H3,(H,25,28). The number of carbonyl (C=O) groups is 2. The summed E-state index contributed by atoms with van der Waals surface area (Å²) in [6.45, 7) is 6.52. The predicted octanol–water partition coefficient (Wildman–Crippen LogP) is 3.72. The van der Waals surface area contributed by atoms with Crippen LogP contribution in [0.15, 0.2) is 48.5 Å². The summed E-state index contributed by atoms with van der Waals surface area (Å²) in [5.74, 6) is 0.994. The molecule has 6 heteroatoms. The molecule has 2 aromatic carbocycles. The molecule has 1 N–H and O–H groups in total. The van der Waals surface area contributed by atoms with Crippen LogP contribution in [0.25, 0.3) is 0 Å². The molecule has 30 heavy (non-hydrogen) atoms. The quantitative estimate of drug-likeness (QED) is 0.571. The molecule has 0 aliphatic rings. The van der Waals surface area contributed by atoms with Gasteiger partial charge in [-0.1, -0.05) is 43.7 Å². The van der Waals surface area contributed by atoms with Crippen molar-refractivity contribution in [2.75, 3.05) is 20.3 Å². The first kappa shape index (κ1) is 23.3. The highest BCUT2D eigenvalue weighted by atomic mass is 16.5. The normalized spacial score (nSPS) is 11.5. The zero-order chi connectivity index (χ0) is 21.9. The second-order valence-electron chi connectivity index (χ2n) is 7.24. The second kappa shape index (κ2) is 11.9. The lowest BCUT2D eigenvalue weighted by atomic mass is 10.1. The average Bonchev–Trinajstić information content (AvgIpc) is 2.76. The van der Waals surface area contributed by atoms with Crippen LogP contribution in [0.1, 0.15) is 37.8 Å². The van der Waals surface area contributed by atoms with E-state index in [1.165, 1.54) is 0 Å². The minimum absolute atomic E-state index is 0.131. The monoisotopic (exact) mass is 412 g/mol. The third kappa shape index (κ3) is 6.79. The van der Waals surface area contributed by atoms with E-state index in [0.717, 1.165) is 29.7 Å². The Labute approximate surface area is 179 Å². The van der Waals surface area contributed by atoms with E-state index in [2.05, 4.69) is 12.2 Å². The number of unbranched alkanes of at least 4 members (excludes halogenated alkanes) is 1. The lowest BCUT2D eigenvalue weighted by Crippen LogP contribution is -2.49. The van der Waals surface area contributed by atoms with Crippen molar-refractivity contribution in [3.63, 3.8) is 0 Å². The molecule has 6 nitrogen and oxygen atoms in total. The molecule has 0 saturated carbocycles. The minimum Gasteiger partial charge on any atom is -0.497 e. The molecule has 2 amide bonds. The summed E-state index contributed by atoms with van der Waals surface area (Å²) in [5, 5.41) is 2.91. The van der Waals surface area contributed by atoms with Gasteiger partial charge in [0.15, 0.2) is 6.61 Å². The Morgan fingerprint density at radius 3 is 2.43 bits per heavy atom. The number of nitrogens with one attached hydrogen (secondary N) is 1. The molecule has 0 aliphatic carbocycles. The molecule has 0 aliphatic heterocycles. The van der Waals surface area contributed by atoms with Crippen molar-refractivity contribution in [2.24, 2.45) is 0 Å². The van der Waals surface area contributed by atoms with Crippen molar-refractivity contribution in [3.05, 3.63) is 59.7 Å². The number of hydrogen-bond acceptors (Lipinski definition) is 4. The molecule has 0 saturated heterocycles. The van der Waals surface area contributed by atoms with Gasteiger partial charge in [-0.15, -0.1) is 0 Å². The van der Waals surface area contributed by atoms with Crippen LogP contribution in [0.5, 0.6) is 11.5 Å². The number of ether oxygens (including phenoxy) is 2. The number of methoxy groups -OCH3 is 1. The smallest absolute Gasteiger partial charge is 0.261 e. The van der Waals surface area contributed by atoms with Gasteiger partial charge in [0, 0.05) is 13.1 Å². The maximum atomic E-state index is 13.0. The molecule has 0 bridgehead atoms. The summed E-state index contributed by atoms with van der Waals surface area (Å²) < 4.78 is 10.9. The van der Waals surface area contributed by atoms with E-state index in [-0.39, 0.29) is 18.4 Å². The Hall–Kier alpha value is -3.02. The van der Waals surface area contributed by atoms with E-state index in [0.29, 0.717) is 18.8 Å². The van der Waals surface area contributed by atoms with E-state index >= 15 is 0 Å². The molecule has 0 aromatic heterocycles. The number of hydrogen-bond donors (Lipinski definition) is 1. The van der Waals surface area contributed by atoms with Crippen LogP contribution in [-0.2, 0) is 16.1 Å². The number of rotatable bonds is 11. The zero-order valence-electron chi connectivity index (χ0n) is 18.3. The molecule has 0 heterocycles. The van der Waals surface area contributed by atoms with Gasteiger partial charge < -0.3 is 19.7 Å². The number of aryl methyl sites for hydroxylation is 1. The zero-order valence-corrected chi connectivity index (χ0v) is 18.3. The highest BCUT2D eigenvalue weighted by Crippen LogP contribution is 2.18. The Morgan fingerprint density at radius 2 is 1.80 bits per heavy atom. The van der Waals surface area contributed by atoms with Gasteiger partial charge in [-0.3, -0.25) is 9.59 Å². The van der Waals surface area contributed by atoms with Crippen molar-refractivity contribution < 1.29 is 19.1 Å². The van der Waals surface area contributed by atoms with Crippen LogP contribution in [0.4, 0.5) is 0 Å². The van der Waals surface area contributed by atoms with Crippen molar-refractivity contribution in [1.29, 1.82) is 0 Å². The van der Waals surface area contributed by atoms with E-state index in [4.69, 9.17) is 9.47 Å². The van der Waals surface area contributed by atoms with Gasteiger partial charge in [0.05, 0.1) is 7.11 Å². The van der Waals surface area contributed by atoms with Crippen molar-refractivity contribution in [2.45, 2.75) is 46.2 Å². The highest BCUT2D eigenvalue weighted by molar-refractivity contribution is 5.87. The van der Waals surface area contributed by atoms with Crippen molar-refractivity contribution >= 4 is 11.8 Å². The lowest BCUT2D eigenvalue weighted by molar-refractivity contribution is -0.142. The molecule has 1 unspecified atom stereocenters. The topological polar surface area (TPSA) is 67.9 Å². The molecule has 162 valence electrons. The highest BCUT2D eigenvalue weighted by Gasteiger charge is 2.26. The van der Waals surface area contributed by atoms with Gasteiger partial charge >= 0.3 is 0 Å². The average molecular weight is 413 g/mol. The molecule has 2 aromatic rings. The first-order chi connectivity index (χ1) is 14.5. The SMILES string of the molecule is CCCCNC(=O)C(C)N(Cc1ccc(OC)cc1)C(=O)COc1ccccc1C. The Morgan fingerprint density at radius 1 is 1.10 bits per heavy atom. The van der Waals surface area contributed by atoms with Crippen LogP contribution in [0.2, 0.25) is 0 Å². The largest absolute Gasteiger partial charge is 0.497 e. The van der Waals surface area contributed by atoms with E-state index in [1.54, 1.807) is 18.9 Å². The van der Waals surface area contributed by atoms with Crippen LogP contribution in [0.3, 0.4) is 0 Å². The molecular formula is C24H32N2O4. The van der Waals surface area contributed by atoms with Crippen LogP contribution in [-0.4, -0.2) is 43.0 Å². The van der Waals surface area contributed by atoms with Gasteiger partial charge in [-0.05, 0) is 49.6 Å². The van der Waals surface area contributed by atoms with Gasteiger partial charge in [-0.2, -0.15) is 0 Å². The summed E-state index contributed by atoms with van der Waals surface area (Å²) in [6.07, 6.45) is 1.90. The number of carbonyl (C=O) groups excluding carboxylic acids is 2. The molecule has 1 atom stereocenters. The van der Waals surface area contributed by atoms with Crippen molar-refractivity contribution in [3.8, 4) is 11.5 Å². The minimum atomic E-state index is -0.614. The molecular weight excluding hydrogens is 380 g/mol. The fourth-order valence-electron chi connectivity index (χ4n) is 2.99. The number of amides is 2. The van der Waals surface area contributed by atoms with Crippen molar-refractivity contribution in [1.82, 2.24) is 10.2 Å². The first-order valence-corrected chi connectivity index (χ1v) is 10.3. The van der Waals surface area contributed by atoms with Gasteiger partial charge in [0.2, 0.25) is 5.91 Å². The van der Waals surface area contributed by atoms with Crippen LogP contribution < -0.4 is 14.8 Å². The molecule has 2 rings (SSSR count). The predicted molar refractivity (Wildman–Crippen MR) is 118 cm³/mol. The Balaban J connectivity index is 2.12. The molecule has 0 spiro atoms. The molecule has 0 fully saturated rings. The maximum absolute atomic E-state index is 13.0. The Bertz CT molecular complexity index is 820. The summed E-state index contributed by atoms with van der Waals surface area (Å²) in [6, 6.07) is 14.4. The summed E-state index contributed by atoms with van der Waals surface area (Å²) in [4.78, 5) is 27.2. The number of benzene rings is 2. The fraction of sp³-hybridized carbons (Fsp3) is 0.417. The fourth-order valence-corrected chi connectivity index (χ4v) is 2.99. The van der Waals surface area contributed by atoms with Crippen LogP contribution in [0, 0.1) is 6.92 Å². The summed E-state index contributed by atoms with van der Waals surface area (Å²) in [7, 11) is 1.61. The van der Waals surface area contributed by atoms with Gasteiger partial charge in [0.1, 0.15) is 17.5 Å². The summed E-state index contributed by atoms with van der Waals surface area (Å²) in [5.41, 5.74) is 1.87. The summed E-state index contributed by atoms with van der Waals surface area (Å²) >= 11 is 0. The third-order valence-corrected chi connectivity index (χ3v) is 4.95. The number of nitrogens with zero attached hydrogens (tertiary/aromatic N) is 1. The molecule has 0 radical (unpaired) electrons. The maximum Gasteiger partial charge on any atom is 0.261 e. The Kier molecular flexibility index (Phi) is 9.19.